The third kappa shape index (κ3) is 3.37. The highest BCUT2D eigenvalue weighted by Crippen LogP contribution is 2.15. The topological polar surface area (TPSA) is 83.9 Å². The van der Waals surface area contributed by atoms with Gasteiger partial charge in [-0.3, -0.25) is 14.3 Å². The highest BCUT2D eigenvalue weighted by molar-refractivity contribution is 5.79. The van der Waals surface area contributed by atoms with E-state index in [1.807, 2.05) is 33.9 Å². The molecule has 0 saturated heterocycles. The van der Waals surface area contributed by atoms with E-state index in [4.69, 9.17) is 0 Å². The molecule has 0 fully saturated rings. The molecule has 0 aliphatic heterocycles. The van der Waals surface area contributed by atoms with Gasteiger partial charge >= 0.3 is 0 Å². The molecule has 1 N–H and O–H groups in total. The molecule has 0 unspecified atom stereocenters. The zero-order chi connectivity index (χ0) is 18.8. The fourth-order valence-corrected chi connectivity index (χ4v) is 3.10. The summed E-state index contributed by atoms with van der Waals surface area (Å²) >= 11 is 0. The van der Waals surface area contributed by atoms with E-state index in [0.29, 0.717) is 23.3 Å². The minimum absolute atomic E-state index is 0.0116. The van der Waals surface area contributed by atoms with Crippen LogP contribution in [0.1, 0.15) is 29.7 Å². The summed E-state index contributed by atoms with van der Waals surface area (Å²) in [4.78, 5) is 34.0. The van der Waals surface area contributed by atoms with Crippen molar-refractivity contribution in [2.75, 3.05) is 6.54 Å². The van der Waals surface area contributed by atoms with E-state index in [0.717, 1.165) is 17.0 Å². The number of H-pyrrole nitrogens is 1. The standard InChI is InChI=1S/C19H23N5O2/c1-5-24(18(25)10-15-12(2)22-23(4)13(15)3)11-17-20-16-9-7-6-8-14(16)19(26)21-17/h6-9H,5,10-11H2,1-4H3,(H,20,21,26). The van der Waals surface area contributed by atoms with Gasteiger partial charge in [0.15, 0.2) is 0 Å². The quantitative estimate of drug-likeness (QED) is 0.759. The Bertz CT molecular complexity index is 1020. The summed E-state index contributed by atoms with van der Waals surface area (Å²) in [6.07, 6.45) is 0.289. The van der Waals surface area contributed by atoms with E-state index in [1.165, 1.54) is 0 Å². The van der Waals surface area contributed by atoms with Crippen molar-refractivity contribution in [2.24, 2.45) is 7.05 Å². The first-order chi connectivity index (χ1) is 12.4. The number of aryl methyl sites for hydroxylation is 2. The van der Waals surface area contributed by atoms with Gasteiger partial charge in [0.2, 0.25) is 5.91 Å². The fraction of sp³-hybridized carbons (Fsp3) is 0.368. The average Bonchev–Trinajstić information content (AvgIpc) is 2.85. The van der Waals surface area contributed by atoms with Crippen LogP contribution in [0.3, 0.4) is 0 Å². The second-order valence-electron chi connectivity index (χ2n) is 6.39. The van der Waals surface area contributed by atoms with Crippen LogP contribution in [0.15, 0.2) is 29.1 Å². The maximum Gasteiger partial charge on any atom is 0.258 e. The van der Waals surface area contributed by atoms with Crippen molar-refractivity contribution in [1.29, 1.82) is 0 Å². The lowest BCUT2D eigenvalue weighted by Crippen LogP contribution is -2.33. The number of rotatable bonds is 5. The Morgan fingerprint density at radius 2 is 2.00 bits per heavy atom. The van der Waals surface area contributed by atoms with Crippen LogP contribution in [0.25, 0.3) is 10.9 Å². The molecule has 1 amide bonds. The Kier molecular flexibility index (Phi) is 4.88. The molecule has 26 heavy (non-hydrogen) atoms. The van der Waals surface area contributed by atoms with Gasteiger partial charge in [-0.1, -0.05) is 12.1 Å². The summed E-state index contributed by atoms with van der Waals surface area (Å²) in [5.41, 5.74) is 3.26. The summed E-state index contributed by atoms with van der Waals surface area (Å²) in [5, 5.41) is 4.91. The maximum atomic E-state index is 12.8. The van der Waals surface area contributed by atoms with Crippen LogP contribution in [0, 0.1) is 13.8 Å². The number of hydrogen-bond acceptors (Lipinski definition) is 4. The molecule has 7 heteroatoms. The predicted octanol–water partition coefficient (Wildman–Crippen LogP) is 1.86. The second kappa shape index (κ2) is 7.11. The summed E-state index contributed by atoms with van der Waals surface area (Å²) in [5.74, 6) is 0.478. The Morgan fingerprint density at radius 1 is 1.27 bits per heavy atom. The van der Waals surface area contributed by atoms with Crippen LogP contribution in [0.2, 0.25) is 0 Å². The fourth-order valence-electron chi connectivity index (χ4n) is 3.10. The first-order valence-electron chi connectivity index (χ1n) is 8.65. The summed E-state index contributed by atoms with van der Waals surface area (Å²) < 4.78 is 1.79. The molecule has 2 heterocycles. The smallest absolute Gasteiger partial charge is 0.258 e. The predicted molar refractivity (Wildman–Crippen MR) is 99.8 cm³/mol. The molecule has 0 aliphatic carbocycles. The maximum absolute atomic E-state index is 12.8. The lowest BCUT2D eigenvalue weighted by atomic mass is 10.1. The van der Waals surface area contributed by atoms with Gasteiger partial charge in [-0.05, 0) is 32.9 Å². The lowest BCUT2D eigenvalue weighted by molar-refractivity contribution is -0.131. The number of fused-ring (bicyclic) bond motifs is 1. The normalized spacial score (nSPS) is 11.1. The zero-order valence-electron chi connectivity index (χ0n) is 15.5. The Balaban J connectivity index is 1.83. The van der Waals surface area contributed by atoms with Crippen molar-refractivity contribution < 1.29 is 4.79 Å². The molecule has 3 rings (SSSR count). The number of likely N-dealkylation sites (N-methyl/N-ethyl adjacent to an activating group) is 1. The van der Waals surface area contributed by atoms with E-state index in [-0.39, 0.29) is 24.4 Å². The number of benzene rings is 1. The van der Waals surface area contributed by atoms with Crippen molar-refractivity contribution >= 4 is 16.8 Å². The number of carbonyl (C=O) groups is 1. The molecular formula is C19H23N5O2. The number of aromatic nitrogens is 4. The highest BCUT2D eigenvalue weighted by Gasteiger charge is 2.19. The van der Waals surface area contributed by atoms with Crippen molar-refractivity contribution in [2.45, 2.75) is 33.7 Å². The average molecular weight is 353 g/mol. The highest BCUT2D eigenvalue weighted by atomic mass is 16.2. The van der Waals surface area contributed by atoms with Crippen LogP contribution < -0.4 is 5.56 Å². The number of para-hydroxylation sites is 1. The second-order valence-corrected chi connectivity index (χ2v) is 6.39. The molecule has 0 bridgehead atoms. The molecule has 0 radical (unpaired) electrons. The van der Waals surface area contributed by atoms with Crippen molar-refractivity contribution in [3.63, 3.8) is 0 Å². The summed E-state index contributed by atoms with van der Waals surface area (Å²) in [6.45, 7) is 6.59. The number of amides is 1. The molecule has 7 nitrogen and oxygen atoms in total. The van der Waals surface area contributed by atoms with E-state index in [1.54, 1.807) is 27.8 Å². The summed E-state index contributed by atoms with van der Waals surface area (Å²) in [7, 11) is 1.87. The molecule has 0 saturated carbocycles. The summed E-state index contributed by atoms with van der Waals surface area (Å²) in [6, 6.07) is 7.19. The minimum atomic E-state index is -0.187. The van der Waals surface area contributed by atoms with Crippen LogP contribution >= 0.6 is 0 Å². The van der Waals surface area contributed by atoms with Gasteiger partial charge in [0.25, 0.3) is 5.56 Å². The Morgan fingerprint density at radius 3 is 2.65 bits per heavy atom. The zero-order valence-corrected chi connectivity index (χ0v) is 15.5. The molecule has 0 atom stereocenters. The van der Waals surface area contributed by atoms with Crippen molar-refractivity contribution in [3.05, 3.63) is 57.4 Å². The Hall–Kier alpha value is -2.96. The SMILES string of the molecule is CCN(Cc1nc2ccccc2c(=O)[nH]1)C(=O)Cc1c(C)nn(C)c1C. The molecule has 3 aromatic rings. The van der Waals surface area contributed by atoms with Gasteiger partial charge < -0.3 is 9.88 Å². The minimum Gasteiger partial charge on any atom is -0.335 e. The lowest BCUT2D eigenvalue weighted by Gasteiger charge is -2.20. The van der Waals surface area contributed by atoms with Gasteiger partial charge in [-0.25, -0.2) is 4.98 Å². The molecule has 0 aliphatic rings. The van der Waals surface area contributed by atoms with Crippen LogP contribution in [-0.2, 0) is 24.8 Å². The number of nitrogens with zero attached hydrogens (tertiary/aromatic N) is 4. The third-order valence-electron chi connectivity index (χ3n) is 4.72. The number of carbonyl (C=O) groups excluding carboxylic acids is 1. The first kappa shape index (κ1) is 17.8. The van der Waals surface area contributed by atoms with E-state index >= 15 is 0 Å². The van der Waals surface area contributed by atoms with Gasteiger partial charge in [0.05, 0.1) is 29.6 Å². The van der Waals surface area contributed by atoms with Crippen LogP contribution in [-0.4, -0.2) is 37.1 Å². The van der Waals surface area contributed by atoms with E-state index in [2.05, 4.69) is 15.1 Å². The molecule has 1 aromatic carbocycles. The molecule has 2 aromatic heterocycles. The van der Waals surface area contributed by atoms with Crippen molar-refractivity contribution in [3.8, 4) is 0 Å². The molecule has 136 valence electrons. The first-order valence-corrected chi connectivity index (χ1v) is 8.65. The third-order valence-corrected chi connectivity index (χ3v) is 4.72. The number of nitrogens with one attached hydrogen (secondary N) is 1. The monoisotopic (exact) mass is 353 g/mol. The number of hydrogen-bond donors (Lipinski definition) is 1. The van der Waals surface area contributed by atoms with Gasteiger partial charge in [0, 0.05) is 24.8 Å². The molecular weight excluding hydrogens is 330 g/mol. The Labute approximate surface area is 151 Å². The van der Waals surface area contributed by atoms with E-state index in [9.17, 15) is 9.59 Å². The van der Waals surface area contributed by atoms with Gasteiger partial charge in [0.1, 0.15) is 5.82 Å². The van der Waals surface area contributed by atoms with E-state index < -0.39 is 0 Å². The van der Waals surface area contributed by atoms with Crippen LogP contribution in [0.5, 0.6) is 0 Å². The molecule has 0 spiro atoms. The van der Waals surface area contributed by atoms with Crippen LogP contribution in [0.4, 0.5) is 0 Å². The van der Waals surface area contributed by atoms with Gasteiger partial charge in [-0.15, -0.1) is 0 Å². The largest absolute Gasteiger partial charge is 0.335 e. The van der Waals surface area contributed by atoms with Gasteiger partial charge in [-0.2, -0.15) is 5.10 Å². The van der Waals surface area contributed by atoms with Crippen molar-refractivity contribution in [1.82, 2.24) is 24.6 Å². The number of aromatic amines is 1.